The van der Waals surface area contributed by atoms with E-state index in [2.05, 4.69) is 9.97 Å². The van der Waals surface area contributed by atoms with E-state index in [1.807, 2.05) is 6.92 Å². The van der Waals surface area contributed by atoms with Crippen LogP contribution in [0.5, 0.6) is 5.75 Å². The Balaban J connectivity index is 1.79. The molecule has 0 saturated heterocycles. The third-order valence-corrected chi connectivity index (χ3v) is 4.49. The van der Waals surface area contributed by atoms with Gasteiger partial charge in [0, 0.05) is 24.0 Å². The molecule has 0 aliphatic rings. The van der Waals surface area contributed by atoms with Crippen LogP contribution >= 0.6 is 0 Å². The molecule has 0 fully saturated rings. The number of unbranched alkanes of at least 4 members (excludes halogenated alkanes) is 1. The second-order valence-electron chi connectivity index (χ2n) is 6.86. The summed E-state index contributed by atoms with van der Waals surface area (Å²) in [6, 6.07) is 3.66. The van der Waals surface area contributed by atoms with Crippen molar-refractivity contribution in [2.24, 2.45) is 0 Å². The number of nitrogens with zero attached hydrogens (tertiary/aromatic N) is 2. The van der Waals surface area contributed by atoms with Gasteiger partial charge in [-0.15, -0.1) is 0 Å². The summed E-state index contributed by atoms with van der Waals surface area (Å²) < 4.78 is 85.2. The number of hydrogen-bond acceptors (Lipinski definition) is 4. The SMILES string of the molecule is CCCCc1cnc(C(=O)Oc2ccc(-c3cc(F)c(C(F)(F)F)c(F)c3)c(F)c2)nc1. The lowest BCUT2D eigenvalue weighted by Gasteiger charge is -2.12. The Labute approximate surface area is 178 Å². The minimum absolute atomic E-state index is 0.247. The zero-order chi connectivity index (χ0) is 23.5. The van der Waals surface area contributed by atoms with Crippen molar-refractivity contribution in [1.29, 1.82) is 0 Å². The lowest BCUT2D eigenvalue weighted by atomic mass is 10.0. The van der Waals surface area contributed by atoms with Gasteiger partial charge in [-0.2, -0.15) is 13.2 Å². The average Bonchev–Trinajstić information content (AvgIpc) is 2.71. The van der Waals surface area contributed by atoms with Crippen LogP contribution in [0.1, 0.15) is 41.5 Å². The summed E-state index contributed by atoms with van der Waals surface area (Å²) in [6.45, 7) is 2.03. The molecule has 0 spiro atoms. The van der Waals surface area contributed by atoms with Crippen molar-refractivity contribution in [2.75, 3.05) is 0 Å². The second-order valence-corrected chi connectivity index (χ2v) is 6.86. The number of halogens is 6. The van der Waals surface area contributed by atoms with Crippen molar-refractivity contribution in [3.05, 3.63) is 77.1 Å². The number of carbonyl (C=O) groups is 1. The first-order valence-electron chi connectivity index (χ1n) is 9.49. The van der Waals surface area contributed by atoms with Crippen LogP contribution in [-0.2, 0) is 12.6 Å². The van der Waals surface area contributed by atoms with Crippen LogP contribution < -0.4 is 4.74 Å². The number of esters is 1. The third-order valence-electron chi connectivity index (χ3n) is 4.49. The molecule has 0 unspecified atom stereocenters. The third kappa shape index (κ3) is 5.24. The molecule has 0 aliphatic heterocycles. The molecule has 3 aromatic rings. The molecule has 1 aromatic heterocycles. The molecule has 0 radical (unpaired) electrons. The Morgan fingerprint density at radius 3 is 2.12 bits per heavy atom. The number of hydrogen-bond donors (Lipinski definition) is 0. The summed E-state index contributed by atoms with van der Waals surface area (Å²) in [5, 5.41) is 0. The summed E-state index contributed by atoms with van der Waals surface area (Å²) in [7, 11) is 0. The molecule has 0 bridgehead atoms. The van der Waals surface area contributed by atoms with Crippen molar-refractivity contribution < 1.29 is 35.9 Å². The molecule has 0 saturated carbocycles. The molecule has 168 valence electrons. The average molecular weight is 454 g/mol. The Morgan fingerprint density at radius 1 is 0.969 bits per heavy atom. The van der Waals surface area contributed by atoms with E-state index >= 15 is 0 Å². The second kappa shape index (κ2) is 9.37. The predicted molar refractivity (Wildman–Crippen MR) is 102 cm³/mol. The fourth-order valence-corrected chi connectivity index (χ4v) is 2.92. The van der Waals surface area contributed by atoms with Gasteiger partial charge in [0.25, 0.3) is 0 Å². The van der Waals surface area contributed by atoms with Crippen molar-refractivity contribution in [2.45, 2.75) is 32.4 Å². The van der Waals surface area contributed by atoms with Gasteiger partial charge in [-0.1, -0.05) is 13.3 Å². The molecule has 4 nitrogen and oxygen atoms in total. The van der Waals surface area contributed by atoms with Gasteiger partial charge in [0.05, 0.1) is 0 Å². The van der Waals surface area contributed by atoms with Gasteiger partial charge >= 0.3 is 12.1 Å². The predicted octanol–water partition coefficient (Wildman–Crippen LogP) is 6.14. The minimum Gasteiger partial charge on any atom is -0.421 e. The molecule has 0 aliphatic carbocycles. The van der Waals surface area contributed by atoms with Crippen LogP contribution in [0.15, 0.2) is 42.7 Å². The molecule has 32 heavy (non-hydrogen) atoms. The van der Waals surface area contributed by atoms with Crippen LogP contribution in [0.2, 0.25) is 0 Å². The van der Waals surface area contributed by atoms with Crippen molar-refractivity contribution in [3.8, 4) is 16.9 Å². The largest absolute Gasteiger partial charge is 0.422 e. The van der Waals surface area contributed by atoms with Gasteiger partial charge < -0.3 is 4.74 Å². The van der Waals surface area contributed by atoms with Crippen LogP contribution in [-0.4, -0.2) is 15.9 Å². The van der Waals surface area contributed by atoms with E-state index < -0.39 is 40.7 Å². The van der Waals surface area contributed by atoms with Gasteiger partial charge in [-0.25, -0.2) is 27.9 Å². The van der Waals surface area contributed by atoms with E-state index in [-0.39, 0.29) is 17.1 Å². The monoisotopic (exact) mass is 454 g/mol. The van der Waals surface area contributed by atoms with Gasteiger partial charge in [-0.05, 0) is 48.2 Å². The van der Waals surface area contributed by atoms with E-state index in [1.165, 1.54) is 12.4 Å². The van der Waals surface area contributed by atoms with Crippen LogP contribution in [0.3, 0.4) is 0 Å². The lowest BCUT2D eigenvalue weighted by Crippen LogP contribution is -2.13. The highest BCUT2D eigenvalue weighted by Gasteiger charge is 2.38. The fraction of sp³-hybridized carbons (Fsp3) is 0.227. The van der Waals surface area contributed by atoms with Crippen LogP contribution in [0.4, 0.5) is 26.3 Å². The normalized spacial score (nSPS) is 11.5. The first kappa shape index (κ1) is 23.2. The summed E-state index contributed by atoms with van der Waals surface area (Å²) in [5.41, 5.74) is -2.05. The number of aryl methyl sites for hydroxylation is 1. The molecule has 3 rings (SSSR count). The highest BCUT2D eigenvalue weighted by Crippen LogP contribution is 2.36. The topological polar surface area (TPSA) is 52.1 Å². The number of aromatic nitrogens is 2. The zero-order valence-electron chi connectivity index (χ0n) is 16.6. The standard InChI is InChI=1S/C22H16F6N2O2/c1-2-3-4-12-10-29-20(30-11-12)21(31)32-14-5-6-15(16(23)9-14)13-7-17(24)19(18(25)8-13)22(26,27)28/h5-11H,2-4H2,1H3. The Kier molecular flexibility index (Phi) is 6.81. The molecule has 0 amide bonds. The smallest absolute Gasteiger partial charge is 0.421 e. The Hall–Kier alpha value is -3.43. The minimum atomic E-state index is -5.24. The molecule has 1 heterocycles. The highest BCUT2D eigenvalue weighted by molar-refractivity contribution is 5.87. The fourth-order valence-electron chi connectivity index (χ4n) is 2.92. The first-order chi connectivity index (χ1) is 15.1. The molecular formula is C22H16F6N2O2. The highest BCUT2D eigenvalue weighted by atomic mass is 19.4. The lowest BCUT2D eigenvalue weighted by molar-refractivity contribution is -0.142. The van der Waals surface area contributed by atoms with E-state index in [0.717, 1.165) is 43.0 Å². The maximum absolute atomic E-state index is 14.5. The molecule has 2 aromatic carbocycles. The summed E-state index contributed by atoms with van der Waals surface area (Å²) in [4.78, 5) is 20.0. The van der Waals surface area contributed by atoms with Gasteiger partial charge in [-0.3, -0.25) is 0 Å². The van der Waals surface area contributed by atoms with E-state index in [0.29, 0.717) is 12.1 Å². The van der Waals surface area contributed by atoms with Gasteiger partial charge in [0.1, 0.15) is 28.8 Å². The van der Waals surface area contributed by atoms with Gasteiger partial charge in [0.2, 0.25) is 5.82 Å². The van der Waals surface area contributed by atoms with E-state index in [1.54, 1.807) is 0 Å². The number of rotatable bonds is 6. The number of alkyl halides is 3. The van der Waals surface area contributed by atoms with E-state index in [9.17, 15) is 31.1 Å². The van der Waals surface area contributed by atoms with E-state index in [4.69, 9.17) is 4.74 Å². The number of benzene rings is 2. The van der Waals surface area contributed by atoms with Crippen molar-refractivity contribution >= 4 is 5.97 Å². The first-order valence-corrected chi connectivity index (χ1v) is 9.49. The van der Waals surface area contributed by atoms with Gasteiger partial charge in [0.15, 0.2) is 0 Å². The summed E-state index contributed by atoms with van der Waals surface area (Å²) >= 11 is 0. The molecule has 10 heteroatoms. The summed E-state index contributed by atoms with van der Waals surface area (Å²) in [6.07, 6.45) is 0.402. The van der Waals surface area contributed by atoms with Crippen molar-refractivity contribution in [1.82, 2.24) is 9.97 Å². The summed E-state index contributed by atoms with van der Waals surface area (Å²) in [5.74, 6) is -6.26. The van der Waals surface area contributed by atoms with Crippen molar-refractivity contribution in [3.63, 3.8) is 0 Å². The van der Waals surface area contributed by atoms with Crippen LogP contribution in [0.25, 0.3) is 11.1 Å². The Morgan fingerprint density at radius 2 is 1.59 bits per heavy atom. The zero-order valence-corrected chi connectivity index (χ0v) is 16.6. The molecule has 0 atom stereocenters. The van der Waals surface area contributed by atoms with Crippen LogP contribution in [0, 0.1) is 17.5 Å². The number of carbonyl (C=O) groups excluding carboxylic acids is 1. The maximum atomic E-state index is 14.5. The maximum Gasteiger partial charge on any atom is 0.422 e. The Bertz CT molecular complexity index is 1110. The quantitative estimate of drug-likeness (QED) is 0.255. The molecule has 0 N–H and O–H groups in total. The number of ether oxygens (including phenoxy) is 1. The molecular weight excluding hydrogens is 438 g/mol.